The zero-order valence-corrected chi connectivity index (χ0v) is 21.8. The third-order valence-corrected chi connectivity index (χ3v) is 8.05. The number of carbonyl (C=O) groups excluding carboxylic acids is 1. The van der Waals surface area contributed by atoms with Crippen molar-refractivity contribution in [2.24, 2.45) is 5.73 Å². The van der Waals surface area contributed by atoms with Crippen molar-refractivity contribution in [1.29, 1.82) is 0 Å². The first-order chi connectivity index (χ1) is 15.9. The molecule has 1 unspecified atom stereocenters. The molecule has 0 spiro atoms. The number of hydrogen-bond acceptors (Lipinski definition) is 5. The Morgan fingerprint density at radius 3 is 2.21 bits per heavy atom. The number of amides is 1. The summed E-state index contributed by atoms with van der Waals surface area (Å²) in [6.07, 6.45) is 3.79. The lowest BCUT2D eigenvalue weighted by Crippen LogP contribution is -2.46. The largest absolute Gasteiger partial charge is 0.351 e. The molecule has 1 aromatic carbocycles. The highest BCUT2D eigenvalue weighted by Gasteiger charge is 2.22. The van der Waals surface area contributed by atoms with E-state index in [0.717, 1.165) is 18.5 Å². The molecular formula is C26H32ClN3OS2. The Balaban J connectivity index is 1.66. The smallest absolute Gasteiger partial charge is 0.237 e. The van der Waals surface area contributed by atoms with E-state index in [1.165, 1.54) is 26.5 Å². The molecule has 0 saturated heterocycles. The van der Waals surface area contributed by atoms with Gasteiger partial charge in [-0.15, -0.1) is 22.7 Å². The number of halogens is 1. The number of hydrogen-bond donors (Lipinski definition) is 2. The Morgan fingerprint density at radius 2 is 1.70 bits per heavy atom. The van der Waals surface area contributed by atoms with Crippen LogP contribution in [0.3, 0.4) is 0 Å². The fourth-order valence-corrected chi connectivity index (χ4v) is 5.91. The van der Waals surface area contributed by atoms with Crippen molar-refractivity contribution in [3.05, 3.63) is 84.7 Å². The lowest BCUT2D eigenvalue weighted by molar-refractivity contribution is -0.126. The van der Waals surface area contributed by atoms with Gasteiger partial charge in [-0.1, -0.05) is 29.8 Å². The second-order valence-electron chi connectivity index (χ2n) is 8.19. The summed E-state index contributed by atoms with van der Waals surface area (Å²) in [6.45, 7) is 6.04. The van der Waals surface area contributed by atoms with Crippen molar-refractivity contribution in [3.63, 3.8) is 0 Å². The molecule has 0 radical (unpaired) electrons. The Hall–Kier alpha value is -1.96. The summed E-state index contributed by atoms with van der Waals surface area (Å²) in [5.41, 5.74) is 10.8. The zero-order chi connectivity index (χ0) is 23.8. The van der Waals surface area contributed by atoms with Crippen molar-refractivity contribution in [3.8, 4) is 0 Å². The highest BCUT2D eigenvalue weighted by atomic mass is 35.5. The normalized spacial score (nSPS) is 12.1. The molecule has 7 heteroatoms. The SMILES string of the molecule is Cc1ccsc1C(=CCCN(C)C(CCN)C(=O)NCc1ccc(Cl)cc1)c1sccc1C. The number of benzene rings is 1. The number of nitrogens with two attached hydrogens (primary N) is 1. The van der Waals surface area contributed by atoms with E-state index in [0.29, 0.717) is 24.5 Å². The lowest BCUT2D eigenvalue weighted by atomic mass is 10.0. The Kier molecular flexibility index (Phi) is 9.71. The van der Waals surface area contributed by atoms with Crippen LogP contribution in [0.4, 0.5) is 0 Å². The van der Waals surface area contributed by atoms with Gasteiger partial charge in [0.05, 0.1) is 6.04 Å². The Labute approximate surface area is 210 Å². The van der Waals surface area contributed by atoms with E-state index in [1.807, 2.05) is 31.3 Å². The molecule has 0 saturated carbocycles. The van der Waals surface area contributed by atoms with Crippen molar-refractivity contribution < 1.29 is 4.79 Å². The van der Waals surface area contributed by atoms with E-state index < -0.39 is 0 Å². The number of nitrogens with zero attached hydrogens (tertiary/aromatic N) is 1. The fourth-order valence-electron chi connectivity index (χ4n) is 3.77. The standard InChI is InChI=1S/C26H32ClN3OS2/c1-18-11-15-32-24(18)22(25-19(2)12-16-33-25)5-4-14-30(3)23(10-13-28)26(31)29-17-20-6-8-21(27)9-7-20/h5-9,11-12,15-16,23H,4,10,13-14,17,28H2,1-3H3,(H,29,31). The van der Waals surface area contributed by atoms with Crippen LogP contribution >= 0.6 is 34.3 Å². The summed E-state index contributed by atoms with van der Waals surface area (Å²) in [5.74, 6) is 0.00491. The van der Waals surface area contributed by atoms with E-state index >= 15 is 0 Å². The van der Waals surface area contributed by atoms with Gasteiger partial charge < -0.3 is 11.1 Å². The highest BCUT2D eigenvalue weighted by Crippen LogP contribution is 2.35. The number of aryl methyl sites for hydroxylation is 2. The van der Waals surface area contributed by atoms with Crippen molar-refractivity contribution in [2.75, 3.05) is 20.1 Å². The van der Waals surface area contributed by atoms with E-state index in [2.05, 4.69) is 53.0 Å². The molecule has 1 amide bonds. The number of carbonyl (C=O) groups is 1. The van der Waals surface area contributed by atoms with E-state index in [9.17, 15) is 4.79 Å². The van der Waals surface area contributed by atoms with Crippen LogP contribution in [0.15, 0.2) is 53.2 Å². The van der Waals surface area contributed by atoms with E-state index in [1.54, 1.807) is 22.7 Å². The molecule has 3 rings (SSSR count). The second kappa shape index (κ2) is 12.5. The summed E-state index contributed by atoms with van der Waals surface area (Å²) in [5, 5.41) is 8.04. The molecule has 3 aromatic rings. The van der Waals surface area contributed by atoms with Crippen LogP contribution in [-0.4, -0.2) is 37.0 Å². The first-order valence-corrected chi connectivity index (χ1v) is 13.3. The maximum Gasteiger partial charge on any atom is 0.237 e. The minimum atomic E-state index is -0.258. The summed E-state index contributed by atoms with van der Waals surface area (Å²) >= 11 is 9.52. The zero-order valence-electron chi connectivity index (χ0n) is 19.4. The predicted octanol–water partition coefficient (Wildman–Crippen LogP) is 5.87. The molecule has 4 nitrogen and oxygen atoms in total. The van der Waals surface area contributed by atoms with E-state index in [4.69, 9.17) is 17.3 Å². The minimum Gasteiger partial charge on any atom is -0.351 e. The van der Waals surface area contributed by atoms with Crippen LogP contribution < -0.4 is 11.1 Å². The van der Waals surface area contributed by atoms with Crippen molar-refractivity contribution >= 4 is 45.8 Å². The molecule has 0 aliphatic rings. The molecule has 1 atom stereocenters. The van der Waals surface area contributed by atoms with Crippen LogP contribution in [-0.2, 0) is 11.3 Å². The first-order valence-electron chi connectivity index (χ1n) is 11.1. The van der Waals surface area contributed by atoms with Gasteiger partial charge in [-0.2, -0.15) is 0 Å². The van der Waals surface area contributed by atoms with Crippen LogP contribution in [0.1, 0.15) is 39.3 Å². The van der Waals surface area contributed by atoms with Crippen LogP contribution in [0.25, 0.3) is 5.57 Å². The van der Waals surface area contributed by atoms with Crippen LogP contribution in [0.2, 0.25) is 5.02 Å². The van der Waals surface area contributed by atoms with Gasteiger partial charge in [-0.3, -0.25) is 9.69 Å². The van der Waals surface area contributed by atoms with E-state index in [-0.39, 0.29) is 11.9 Å². The van der Waals surface area contributed by atoms with Crippen LogP contribution in [0.5, 0.6) is 0 Å². The van der Waals surface area contributed by atoms with Gasteiger partial charge in [0.2, 0.25) is 5.91 Å². The van der Waals surface area contributed by atoms with Gasteiger partial charge in [0.1, 0.15) is 0 Å². The molecule has 3 N–H and O–H groups in total. The average molecular weight is 502 g/mol. The Bertz CT molecular complexity index is 1030. The topological polar surface area (TPSA) is 58.4 Å². The molecule has 0 bridgehead atoms. The van der Waals surface area contributed by atoms with Gasteiger partial charge in [-0.25, -0.2) is 0 Å². The first kappa shape index (κ1) is 25.7. The summed E-state index contributed by atoms with van der Waals surface area (Å²) in [6, 6.07) is 11.6. The number of likely N-dealkylation sites (N-methyl/N-ethyl adjacent to an activating group) is 1. The van der Waals surface area contributed by atoms with Crippen molar-refractivity contribution in [2.45, 2.75) is 39.3 Å². The number of thiophene rings is 2. The fraction of sp³-hybridized carbons (Fsp3) is 0.346. The summed E-state index contributed by atoms with van der Waals surface area (Å²) < 4.78 is 0. The number of nitrogens with one attached hydrogen (secondary N) is 1. The molecular weight excluding hydrogens is 470 g/mol. The summed E-state index contributed by atoms with van der Waals surface area (Å²) in [7, 11) is 2.00. The summed E-state index contributed by atoms with van der Waals surface area (Å²) in [4.78, 5) is 17.7. The third-order valence-electron chi connectivity index (χ3n) is 5.70. The molecule has 0 aliphatic heterocycles. The minimum absolute atomic E-state index is 0.00491. The molecule has 2 aromatic heterocycles. The van der Waals surface area contributed by atoms with Gasteiger partial charge >= 0.3 is 0 Å². The van der Waals surface area contributed by atoms with Gasteiger partial charge in [0.15, 0.2) is 0 Å². The molecule has 0 aliphatic carbocycles. The maximum absolute atomic E-state index is 12.9. The molecule has 0 fully saturated rings. The molecule has 33 heavy (non-hydrogen) atoms. The van der Waals surface area contributed by atoms with Gasteiger partial charge in [-0.05, 0) is 92.0 Å². The third kappa shape index (κ3) is 7.01. The second-order valence-corrected chi connectivity index (χ2v) is 10.5. The van der Waals surface area contributed by atoms with Crippen LogP contribution in [0, 0.1) is 13.8 Å². The number of rotatable bonds is 11. The predicted molar refractivity (Wildman–Crippen MR) is 143 cm³/mol. The molecule has 176 valence electrons. The molecule has 2 heterocycles. The average Bonchev–Trinajstić information content (AvgIpc) is 3.42. The highest BCUT2D eigenvalue weighted by molar-refractivity contribution is 7.14. The lowest BCUT2D eigenvalue weighted by Gasteiger charge is -2.26. The quantitative estimate of drug-likeness (QED) is 0.345. The Morgan fingerprint density at radius 1 is 1.09 bits per heavy atom. The monoisotopic (exact) mass is 501 g/mol. The maximum atomic E-state index is 12.9. The van der Waals surface area contributed by atoms with Gasteiger partial charge in [0.25, 0.3) is 0 Å². The van der Waals surface area contributed by atoms with Crippen molar-refractivity contribution in [1.82, 2.24) is 10.2 Å². The van der Waals surface area contributed by atoms with Gasteiger partial charge in [0, 0.05) is 33.4 Å².